The molecular formula is C42H44N4O2. The van der Waals surface area contributed by atoms with E-state index in [0.717, 1.165) is 55.5 Å². The molecule has 4 heterocycles. The summed E-state index contributed by atoms with van der Waals surface area (Å²) in [6.07, 6.45) is 5.64. The molecule has 4 N–H and O–H groups in total. The standard InChI is InChI=1S/C42H44N4O2/c1-24-20-36(32-23-28(42(7,8)9)22-31(40(32)48)35-13-11-19-44-35)46-38-29(24)16-14-27-15-17-33(45-37(27)38)26(3)39(47)30(34-12-10-18-43-34)21-25(2)41(4,5)6/h10-23,43-44,47-48H,2H2,1,3-9H3/b30-21-,39-26-. The van der Waals surface area contributed by atoms with E-state index in [9.17, 15) is 10.2 Å². The summed E-state index contributed by atoms with van der Waals surface area (Å²) in [5.74, 6) is 0.301. The van der Waals surface area contributed by atoms with Gasteiger partial charge in [-0.1, -0.05) is 66.3 Å². The van der Waals surface area contributed by atoms with Gasteiger partial charge in [-0.05, 0) is 96.0 Å². The molecular weight excluding hydrogens is 592 g/mol. The number of aryl methyl sites for hydroxylation is 1. The zero-order chi connectivity index (χ0) is 34.5. The number of hydrogen-bond donors (Lipinski definition) is 4. The fourth-order valence-electron chi connectivity index (χ4n) is 5.84. The van der Waals surface area contributed by atoms with E-state index in [2.05, 4.69) is 83.2 Å². The number of fused-ring (bicyclic) bond motifs is 3. The molecule has 0 aliphatic heterocycles. The molecule has 0 spiro atoms. The Labute approximate surface area is 282 Å². The highest BCUT2D eigenvalue weighted by Crippen LogP contribution is 2.42. The number of aliphatic hydroxyl groups is 1. The van der Waals surface area contributed by atoms with Crippen molar-refractivity contribution in [1.29, 1.82) is 0 Å². The van der Waals surface area contributed by atoms with Crippen molar-refractivity contribution in [3.63, 3.8) is 0 Å². The van der Waals surface area contributed by atoms with Crippen LogP contribution in [0.3, 0.4) is 0 Å². The van der Waals surface area contributed by atoms with Crippen molar-refractivity contribution in [2.75, 3.05) is 0 Å². The third-order valence-electron chi connectivity index (χ3n) is 9.15. The minimum absolute atomic E-state index is 0.125. The molecule has 6 nitrogen and oxygen atoms in total. The summed E-state index contributed by atoms with van der Waals surface area (Å²) in [5, 5.41) is 25.3. The SMILES string of the molecule is C=C(/C=C(\C(O)=C(/C)c1ccc2ccc3c(C)cc(-c4cc(C(C)(C)C)cc(-c5ccc[nH]5)c4O)nc3c2n1)c1ccc[nH]1)C(C)(C)C. The first-order valence-electron chi connectivity index (χ1n) is 16.3. The zero-order valence-electron chi connectivity index (χ0n) is 29.1. The molecule has 0 saturated heterocycles. The number of hydrogen-bond acceptors (Lipinski definition) is 4. The first-order chi connectivity index (χ1) is 22.6. The summed E-state index contributed by atoms with van der Waals surface area (Å²) in [4.78, 5) is 16.8. The van der Waals surface area contributed by atoms with Crippen molar-refractivity contribution >= 4 is 33.0 Å². The van der Waals surface area contributed by atoms with Gasteiger partial charge in [0.1, 0.15) is 11.5 Å². The predicted octanol–water partition coefficient (Wildman–Crippen LogP) is 11.1. The topological polar surface area (TPSA) is 97.8 Å². The highest BCUT2D eigenvalue weighted by Gasteiger charge is 2.23. The van der Waals surface area contributed by atoms with Crippen LogP contribution in [0.2, 0.25) is 0 Å². The van der Waals surface area contributed by atoms with Crippen molar-refractivity contribution in [2.45, 2.75) is 60.8 Å². The number of aliphatic hydroxyl groups excluding tert-OH is 1. The second-order valence-electron chi connectivity index (χ2n) is 14.7. The molecule has 0 unspecified atom stereocenters. The van der Waals surface area contributed by atoms with Crippen LogP contribution in [0, 0.1) is 12.3 Å². The maximum Gasteiger partial charge on any atom is 0.134 e. The van der Waals surface area contributed by atoms with E-state index in [-0.39, 0.29) is 22.3 Å². The summed E-state index contributed by atoms with van der Waals surface area (Å²) in [6, 6.07) is 21.9. The molecule has 0 bridgehead atoms. The molecule has 6 aromatic rings. The molecule has 6 heteroatoms. The van der Waals surface area contributed by atoms with Gasteiger partial charge in [0.25, 0.3) is 0 Å². The molecule has 48 heavy (non-hydrogen) atoms. The van der Waals surface area contributed by atoms with E-state index in [1.807, 2.05) is 73.9 Å². The lowest BCUT2D eigenvalue weighted by molar-refractivity contribution is 0.439. The summed E-state index contributed by atoms with van der Waals surface area (Å²) in [6.45, 7) is 21.0. The van der Waals surface area contributed by atoms with E-state index in [1.54, 1.807) is 0 Å². The normalized spacial score (nSPS) is 13.3. The number of aromatic nitrogens is 4. The molecule has 2 aromatic carbocycles. The number of nitrogens with zero attached hydrogens (tertiary/aromatic N) is 2. The van der Waals surface area contributed by atoms with Crippen molar-refractivity contribution in [3.8, 4) is 28.3 Å². The van der Waals surface area contributed by atoms with Crippen molar-refractivity contribution < 1.29 is 10.2 Å². The first kappa shape index (κ1) is 32.6. The summed E-state index contributed by atoms with van der Waals surface area (Å²) in [5.41, 5.74) is 9.78. The molecule has 0 aliphatic carbocycles. The van der Waals surface area contributed by atoms with Crippen LogP contribution in [-0.2, 0) is 5.41 Å². The van der Waals surface area contributed by atoms with Gasteiger partial charge in [-0.15, -0.1) is 0 Å². The largest absolute Gasteiger partial charge is 0.507 e. The third kappa shape index (κ3) is 6.06. The van der Waals surface area contributed by atoms with Gasteiger partial charge in [0.05, 0.1) is 22.4 Å². The van der Waals surface area contributed by atoms with E-state index in [1.165, 1.54) is 0 Å². The number of aromatic amines is 2. The van der Waals surface area contributed by atoms with Gasteiger partial charge < -0.3 is 20.2 Å². The maximum absolute atomic E-state index is 11.7. The highest BCUT2D eigenvalue weighted by atomic mass is 16.3. The Balaban J connectivity index is 1.56. The Morgan fingerprint density at radius 3 is 2.17 bits per heavy atom. The number of pyridine rings is 2. The minimum Gasteiger partial charge on any atom is -0.507 e. The van der Waals surface area contributed by atoms with Gasteiger partial charge in [-0.2, -0.15) is 0 Å². The number of aromatic hydroxyl groups is 1. The average molecular weight is 637 g/mol. The lowest BCUT2D eigenvalue weighted by Crippen LogP contribution is -2.11. The summed E-state index contributed by atoms with van der Waals surface area (Å²) < 4.78 is 0. The molecule has 244 valence electrons. The van der Waals surface area contributed by atoms with Gasteiger partial charge in [-0.3, -0.25) is 0 Å². The van der Waals surface area contributed by atoms with Crippen LogP contribution in [0.4, 0.5) is 0 Å². The molecule has 4 aromatic heterocycles. The quantitative estimate of drug-likeness (QED) is 0.0830. The smallest absolute Gasteiger partial charge is 0.134 e. The Kier molecular flexibility index (Phi) is 8.16. The highest BCUT2D eigenvalue weighted by molar-refractivity contribution is 6.05. The fraction of sp³-hybridized carbons (Fsp3) is 0.238. The number of H-pyrrole nitrogens is 2. The van der Waals surface area contributed by atoms with Gasteiger partial charge >= 0.3 is 0 Å². The van der Waals surface area contributed by atoms with E-state index in [0.29, 0.717) is 28.1 Å². The molecule has 6 rings (SSSR count). The maximum atomic E-state index is 11.7. The van der Waals surface area contributed by atoms with Gasteiger partial charge in [0.2, 0.25) is 0 Å². The number of phenolic OH excluding ortho intramolecular Hbond substituents is 1. The van der Waals surface area contributed by atoms with Crippen LogP contribution in [0.5, 0.6) is 5.75 Å². The third-order valence-corrected chi connectivity index (χ3v) is 9.15. The molecule has 0 atom stereocenters. The van der Waals surface area contributed by atoms with Crippen LogP contribution in [0.25, 0.3) is 55.5 Å². The molecule has 0 saturated carbocycles. The minimum atomic E-state index is -0.170. The van der Waals surface area contributed by atoms with Crippen LogP contribution in [0.15, 0.2) is 103 Å². The van der Waals surface area contributed by atoms with Crippen LogP contribution in [0.1, 0.15) is 71.0 Å². The lowest BCUT2D eigenvalue weighted by atomic mass is 9.83. The number of rotatable bonds is 6. The number of benzene rings is 2. The molecule has 0 radical (unpaired) electrons. The Morgan fingerprint density at radius 1 is 0.833 bits per heavy atom. The van der Waals surface area contributed by atoms with E-state index >= 15 is 0 Å². The second-order valence-corrected chi connectivity index (χ2v) is 14.7. The van der Waals surface area contributed by atoms with E-state index in [4.69, 9.17) is 9.97 Å². The monoisotopic (exact) mass is 636 g/mol. The summed E-state index contributed by atoms with van der Waals surface area (Å²) >= 11 is 0. The Hall–Kier alpha value is -5.36. The zero-order valence-corrected chi connectivity index (χ0v) is 29.1. The predicted molar refractivity (Wildman–Crippen MR) is 200 cm³/mol. The number of allylic oxidation sites excluding steroid dienone is 4. The van der Waals surface area contributed by atoms with Crippen LogP contribution >= 0.6 is 0 Å². The van der Waals surface area contributed by atoms with Gasteiger partial charge in [0, 0.05) is 56.8 Å². The average Bonchev–Trinajstić information content (AvgIpc) is 3.77. The molecule has 0 amide bonds. The second kappa shape index (κ2) is 12.0. The molecule has 0 aliphatic rings. The van der Waals surface area contributed by atoms with Crippen molar-refractivity contribution in [3.05, 3.63) is 126 Å². The van der Waals surface area contributed by atoms with E-state index < -0.39 is 0 Å². The summed E-state index contributed by atoms with van der Waals surface area (Å²) in [7, 11) is 0. The van der Waals surface area contributed by atoms with Crippen molar-refractivity contribution in [2.24, 2.45) is 5.41 Å². The molecule has 0 fully saturated rings. The van der Waals surface area contributed by atoms with Crippen LogP contribution < -0.4 is 0 Å². The van der Waals surface area contributed by atoms with Crippen LogP contribution in [-0.4, -0.2) is 30.1 Å². The Bertz CT molecular complexity index is 2240. The number of phenols is 1. The lowest BCUT2D eigenvalue weighted by Gasteiger charge is -2.22. The van der Waals surface area contributed by atoms with Gasteiger partial charge in [-0.25, -0.2) is 9.97 Å². The van der Waals surface area contributed by atoms with Gasteiger partial charge in [0.15, 0.2) is 0 Å². The van der Waals surface area contributed by atoms with Crippen molar-refractivity contribution in [1.82, 2.24) is 19.9 Å². The first-order valence-corrected chi connectivity index (χ1v) is 16.3. The number of nitrogens with one attached hydrogen (secondary N) is 2. The fourth-order valence-corrected chi connectivity index (χ4v) is 5.84. The Morgan fingerprint density at radius 2 is 1.52 bits per heavy atom.